The molecule has 0 heterocycles. The van der Waals surface area contributed by atoms with Crippen molar-refractivity contribution in [3.8, 4) is 0 Å². The van der Waals surface area contributed by atoms with Crippen LogP contribution in [0.15, 0.2) is 60.7 Å². The molecule has 1 N–H and O–H groups in total. The average molecular weight is 311 g/mol. The summed E-state index contributed by atoms with van der Waals surface area (Å²) in [7, 11) is 1.33. The van der Waals surface area contributed by atoms with Gasteiger partial charge in [-0.1, -0.05) is 60.7 Å². The zero-order valence-corrected chi connectivity index (χ0v) is 13.4. The normalized spacial score (nSPS) is 11.8. The van der Waals surface area contributed by atoms with Gasteiger partial charge >= 0.3 is 5.97 Å². The molecule has 1 atom stereocenters. The van der Waals surface area contributed by atoms with Gasteiger partial charge in [-0.3, -0.25) is 4.79 Å². The molecule has 0 aliphatic carbocycles. The summed E-state index contributed by atoms with van der Waals surface area (Å²) >= 11 is 0. The van der Waals surface area contributed by atoms with Crippen molar-refractivity contribution in [2.75, 3.05) is 7.11 Å². The third-order valence-electron chi connectivity index (χ3n) is 3.74. The average Bonchev–Trinajstić information content (AvgIpc) is 2.59. The fourth-order valence-electron chi connectivity index (χ4n) is 2.67. The highest BCUT2D eigenvalue weighted by molar-refractivity contribution is 5.83. The van der Waals surface area contributed by atoms with E-state index in [0.29, 0.717) is 6.42 Å². The van der Waals surface area contributed by atoms with E-state index in [1.165, 1.54) is 14.0 Å². The topological polar surface area (TPSA) is 55.4 Å². The van der Waals surface area contributed by atoms with Gasteiger partial charge in [-0.25, -0.2) is 4.79 Å². The van der Waals surface area contributed by atoms with Gasteiger partial charge in [0.25, 0.3) is 0 Å². The van der Waals surface area contributed by atoms with Crippen molar-refractivity contribution in [2.24, 2.45) is 0 Å². The summed E-state index contributed by atoms with van der Waals surface area (Å²) in [4.78, 5) is 23.4. The minimum atomic E-state index is -0.678. The highest BCUT2D eigenvalue weighted by Crippen LogP contribution is 2.29. The molecule has 2 aromatic rings. The van der Waals surface area contributed by atoms with Crippen LogP contribution in [0.4, 0.5) is 0 Å². The fraction of sp³-hybridized carbons (Fsp3) is 0.263. The standard InChI is InChI=1S/C19H21NO3/c1-14(21)20-18(19(22)23-2)13-17(15-9-5-3-6-10-15)16-11-7-4-8-12-16/h3-12,17-18H,13H2,1-2H3,(H,20,21)/t18-/m0/s1. The monoisotopic (exact) mass is 311 g/mol. The zero-order chi connectivity index (χ0) is 16.7. The van der Waals surface area contributed by atoms with Gasteiger partial charge in [0, 0.05) is 12.8 Å². The first-order valence-corrected chi connectivity index (χ1v) is 7.56. The number of rotatable bonds is 6. The summed E-state index contributed by atoms with van der Waals surface area (Å²) in [5, 5.41) is 2.69. The molecule has 4 heteroatoms. The second-order valence-corrected chi connectivity index (χ2v) is 5.39. The first-order chi connectivity index (χ1) is 11.1. The molecule has 120 valence electrons. The molecule has 1 amide bonds. The number of hydrogen-bond donors (Lipinski definition) is 1. The molecule has 0 aliphatic heterocycles. The number of esters is 1. The van der Waals surface area contributed by atoms with E-state index in [4.69, 9.17) is 4.74 Å². The maximum Gasteiger partial charge on any atom is 0.328 e. The van der Waals surface area contributed by atoms with E-state index >= 15 is 0 Å². The molecule has 0 spiro atoms. The summed E-state index contributed by atoms with van der Waals surface area (Å²) in [6.07, 6.45) is 0.445. The smallest absolute Gasteiger partial charge is 0.328 e. The minimum absolute atomic E-state index is 0.00616. The van der Waals surface area contributed by atoms with Crippen LogP contribution in [-0.2, 0) is 14.3 Å². The van der Waals surface area contributed by atoms with Gasteiger partial charge in [-0.2, -0.15) is 0 Å². The van der Waals surface area contributed by atoms with Crippen LogP contribution in [0.1, 0.15) is 30.4 Å². The molecule has 0 saturated carbocycles. The number of nitrogens with one attached hydrogen (secondary N) is 1. The predicted molar refractivity (Wildman–Crippen MR) is 89.0 cm³/mol. The summed E-state index contributed by atoms with van der Waals surface area (Å²) in [5.74, 6) is -0.689. The lowest BCUT2D eigenvalue weighted by Gasteiger charge is -2.23. The van der Waals surface area contributed by atoms with E-state index < -0.39 is 12.0 Å². The van der Waals surface area contributed by atoms with Gasteiger partial charge in [0.2, 0.25) is 5.91 Å². The Bertz CT molecular complexity index is 601. The number of ether oxygens (including phenoxy) is 1. The third kappa shape index (κ3) is 4.68. The molecule has 0 saturated heterocycles. The van der Waals surface area contributed by atoms with Gasteiger partial charge in [0.05, 0.1) is 7.11 Å². The highest BCUT2D eigenvalue weighted by Gasteiger charge is 2.26. The van der Waals surface area contributed by atoms with Gasteiger partial charge in [-0.15, -0.1) is 0 Å². The van der Waals surface area contributed by atoms with Crippen molar-refractivity contribution in [3.05, 3.63) is 71.8 Å². The molecule has 2 aromatic carbocycles. The second-order valence-electron chi connectivity index (χ2n) is 5.39. The summed E-state index contributed by atoms with van der Waals surface area (Å²) < 4.78 is 4.83. The van der Waals surface area contributed by atoms with Crippen LogP contribution in [0.25, 0.3) is 0 Å². The minimum Gasteiger partial charge on any atom is -0.467 e. The Kier molecular flexibility index (Phi) is 5.92. The second kappa shape index (κ2) is 8.13. The molecule has 0 unspecified atom stereocenters. The SMILES string of the molecule is COC(=O)[C@H](CC(c1ccccc1)c1ccccc1)NC(C)=O. The molecule has 0 aliphatic rings. The molecule has 0 aromatic heterocycles. The Hall–Kier alpha value is -2.62. The Morgan fingerprint density at radius 3 is 1.83 bits per heavy atom. The van der Waals surface area contributed by atoms with Crippen molar-refractivity contribution in [2.45, 2.75) is 25.3 Å². The van der Waals surface area contributed by atoms with Gasteiger partial charge in [0.1, 0.15) is 6.04 Å². The van der Waals surface area contributed by atoms with Crippen LogP contribution < -0.4 is 5.32 Å². The van der Waals surface area contributed by atoms with E-state index in [1.54, 1.807) is 0 Å². The lowest BCUT2D eigenvalue weighted by atomic mass is 9.86. The number of methoxy groups -OCH3 is 1. The maximum absolute atomic E-state index is 12.0. The lowest BCUT2D eigenvalue weighted by Crippen LogP contribution is -2.41. The molecule has 2 rings (SSSR count). The van der Waals surface area contributed by atoms with Crippen LogP contribution in [0.2, 0.25) is 0 Å². The Morgan fingerprint density at radius 2 is 1.43 bits per heavy atom. The maximum atomic E-state index is 12.0. The Labute approximate surface area is 136 Å². The van der Waals surface area contributed by atoms with Crippen LogP contribution in [0, 0.1) is 0 Å². The van der Waals surface area contributed by atoms with Crippen LogP contribution in [0.5, 0.6) is 0 Å². The summed E-state index contributed by atoms with van der Waals surface area (Å²) in [6, 6.07) is 19.2. The fourth-order valence-corrected chi connectivity index (χ4v) is 2.67. The number of hydrogen-bond acceptors (Lipinski definition) is 3. The van der Waals surface area contributed by atoms with E-state index in [9.17, 15) is 9.59 Å². The van der Waals surface area contributed by atoms with Crippen LogP contribution in [-0.4, -0.2) is 25.0 Å². The summed E-state index contributed by atoms with van der Waals surface area (Å²) in [6.45, 7) is 1.40. The lowest BCUT2D eigenvalue weighted by molar-refractivity contribution is -0.145. The Balaban J connectivity index is 2.33. The van der Waals surface area contributed by atoms with E-state index in [-0.39, 0.29) is 11.8 Å². The van der Waals surface area contributed by atoms with Crippen LogP contribution in [0.3, 0.4) is 0 Å². The largest absolute Gasteiger partial charge is 0.467 e. The van der Waals surface area contributed by atoms with Crippen molar-refractivity contribution < 1.29 is 14.3 Å². The highest BCUT2D eigenvalue weighted by atomic mass is 16.5. The molecule has 0 bridgehead atoms. The molecular formula is C19H21NO3. The van der Waals surface area contributed by atoms with E-state index in [2.05, 4.69) is 5.32 Å². The van der Waals surface area contributed by atoms with Gasteiger partial charge in [0.15, 0.2) is 0 Å². The number of carbonyl (C=O) groups excluding carboxylic acids is 2. The van der Waals surface area contributed by atoms with E-state index in [1.807, 2.05) is 60.7 Å². The zero-order valence-electron chi connectivity index (χ0n) is 13.4. The van der Waals surface area contributed by atoms with Crippen molar-refractivity contribution in [3.63, 3.8) is 0 Å². The van der Waals surface area contributed by atoms with Gasteiger partial charge in [-0.05, 0) is 17.5 Å². The molecule has 0 radical (unpaired) electrons. The van der Waals surface area contributed by atoms with Crippen molar-refractivity contribution >= 4 is 11.9 Å². The molecular weight excluding hydrogens is 290 g/mol. The van der Waals surface area contributed by atoms with Crippen LogP contribution >= 0.6 is 0 Å². The number of benzene rings is 2. The van der Waals surface area contributed by atoms with E-state index in [0.717, 1.165) is 11.1 Å². The van der Waals surface area contributed by atoms with Crippen molar-refractivity contribution in [1.29, 1.82) is 0 Å². The molecule has 23 heavy (non-hydrogen) atoms. The predicted octanol–water partition coefficient (Wildman–Crippen LogP) is 2.89. The number of carbonyl (C=O) groups is 2. The quantitative estimate of drug-likeness (QED) is 0.835. The van der Waals surface area contributed by atoms with Crippen molar-refractivity contribution in [1.82, 2.24) is 5.32 Å². The first-order valence-electron chi connectivity index (χ1n) is 7.56. The molecule has 4 nitrogen and oxygen atoms in total. The van der Waals surface area contributed by atoms with Gasteiger partial charge < -0.3 is 10.1 Å². The Morgan fingerprint density at radius 1 is 0.957 bits per heavy atom. The number of amides is 1. The summed E-state index contributed by atoms with van der Waals surface area (Å²) in [5.41, 5.74) is 2.19. The molecule has 0 fully saturated rings. The third-order valence-corrected chi connectivity index (χ3v) is 3.74. The first kappa shape index (κ1) is 16.7.